The van der Waals surface area contributed by atoms with E-state index < -0.39 is 0 Å². The highest BCUT2D eigenvalue weighted by atomic mass is 19.1. The highest BCUT2D eigenvalue weighted by molar-refractivity contribution is 5.91. The summed E-state index contributed by atoms with van der Waals surface area (Å²) in [4.78, 5) is 12.6. The lowest BCUT2D eigenvalue weighted by molar-refractivity contribution is -0.116. The normalized spacial score (nSPS) is 9.21. The van der Waals surface area contributed by atoms with E-state index in [1.807, 2.05) is 0 Å². The van der Waals surface area contributed by atoms with Gasteiger partial charge >= 0.3 is 0 Å². The Hall–Kier alpha value is -1.82. The molecule has 0 unspecified atom stereocenters. The van der Waals surface area contributed by atoms with Crippen LogP contribution in [0.4, 0.5) is 10.1 Å². The minimum absolute atomic E-state index is 0.158. The number of nitrogens with zero attached hydrogens (tertiary/aromatic N) is 1. The zero-order valence-corrected chi connectivity index (χ0v) is 7.83. The molecule has 1 aromatic rings. The van der Waals surface area contributed by atoms with Gasteiger partial charge in [0.2, 0.25) is 5.91 Å². The van der Waals surface area contributed by atoms with Crippen molar-refractivity contribution in [2.24, 2.45) is 0 Å². The van der Waals surface area contributed by atoms with Crippen molar-refractivity contribution in [3.8, 4) is 12.3 Å². The molecule has 1 aromatic carbocycles. The van der Waals surface area contributed by atoms with Crippen LogP contribution in [0.1, 0.15) is 6.92 Å². The maximum atomic E-state index is 12.6. The Labute approximate surface area is 82.3 Å². The fourth-order valence-electron chi connectivity index (χ4n) is 1.10. The number of carbonyl (C=O) groups excluding carboxylic acids is 1. The first-order valence-corrected chi connectivity index (χ1v) is 4.12. The molecule has 0 atom stereocenters. The van der Waals surface area contributed by atoms with Gasteiger partial charge in [-0.05, 0) is 24.3 Å². The number of anilines is 1. The van der Waals surface area contributed by atoms with E-state index in [1.54, 1.807) is 0 Å². The second kappa shape index (κ2) is 4.43. The molecule has 0 aromatic heterocycles. The Kier molecular flexibility index (Phi) is 3.24. The van der Waals surface area contributed by atoms with Gasteiger partial charge in [-0.15, -0.1) is 6.42 Å². The highest BCUT2D eigenvalue weighted by Crippen LogP contribution is 2.14. The van der Waals surface area contributed by atoms with Crippen molar-refractivity contribution >= 4 is 11.6 Å². The van der Waals surface area contributed by atoms with Gasteiger partial charge in [0, 0.05) is 12.6 Å². The lowest BCUT2D eigenvalue weighted by atomic mass is 10.2. The molecule has 0 spiro atoms. The third-order valence-corrected chi connectivity index (χ3v) is 1.77. The summed E-state index contributed by atoms with van der Waals surface area (Å²) < 4.78 is 12.6. The van der Waals surface area contributed by atoms with Crippen LogP contribution in [0.5, 0.6) is 0 Å². The van der Waals surface area contributed by atoms with Crippen molar-refractivity contribution in [3.63, 3.8) is 0 Å². The van der Waals surface area contributed by atoms with Gasteiger partial charge in [0.05, 0.1) is 6.54 Å². The van der Waals surface area contributed by atoms with Crippen molar-refractivity contribution in [2.75, 3.05) is 11.4 Å². The molecule has 3 heteroatoms. The van der Waals surface area contributed by atoms with Gasteiger partial charge in [0.15, 0.2) is 0 Å². The maximum Gasteiger partial charge on any atom is 0.224 e. The van der Waals surface area contributed by atoms with E-state index in [-0.39, 0.29) is 18.3 Å². The fraction of sp³-hybridized carbons (Fsp3) is 0.182. The number of carbonyl (C=O) groups is 1. The van der Waals surface area contributed by atoms with Crippen molar-refractivity contribution in [1.82, 2.24) is 0 Å². The number of terminal acetylenes is 1. The summed E-state index contributed by atoms with van der Waals surface area (Å²) in [6.45, 7) is 1.61. The zero-order chi connectivity index (χ0) is 10.6. The highest BCUT2D eigenvalue weighted by Gasteiger charge is 2.09. The summed E-state index contributed by atoms with van der Waals surface area (Å²) in [5, 5.41) is 0. The monoisotopic (exact) mass is 191 g/mol. The molecule has 0 fully saturated rings. The smallest absolute Gasteiger partial charge is 0.224 e. The van der Waals surface area contributed by atoms with Crippen LogP contribution in [-0.2, 0) is 4.79 Å². The van der Waals surface area contributed by atoms with Gasteiger partial charge in [-0.3, -0.25) is 4.79 Å². The van der Waals surface area contributed by atoms with E-state index in [9.17, 15) is 9.18 Å². The molecule has 0 aliphatic rings. The summed E-state index contributed by atoms with van der Waals surface area (Å²) in [6.07, 6.45) is 5.12. The zero-order valence-electron chi connectivity index (χ0n) is 7.83. The summed E-state index contributed by atoms with van der Waals surface area (Å²) >= 11 is 0. The molecular weight excluding hydrogens is 181 g/mol. The van der Waals surface area contributed by atoms with Crippen LogP contribution >= 0.6 is 0 Å². The molecule has 0 saturated heterocycles. The van der Waals surface area contributed by atoms with Gasteiger partial charge in [0.1, 0.15) is 5.82 Å². The molecule has 14 heavy (non-hydrogen) atoms. The summed E-state index contributed by atoms with van der Waals surface area (Å²) in [7, 11) is 0. The van der Waals surface area contributed by atoms with Gasteiger partial charge in [-0.25, -0.2) is 4.39 Å². The number of hydrogen-bond donors (Lipinski definition) is 0. The molecule has 0 radical (unpaired) electrons. The minimum Gasteiger partial charge on any atom is -0.301 e. The van der Waals surface area contributed by atoms with Crippen LogP contribution in [0.3, 0.4) is 0 Å². The van der Waals surface area contributed by atoms with Crippen LogP contribution in [0.25, 0.3) is 0 Å². The molecule has 0 heterocycles. The van der Waals surface area contributed by atoms with Gasteiger partial charge < -0.3 is 4.90 Å². The third-order valence-electron chi connectivity index (χ3n) is 1.77. The van der Waals surface area contributed by atoms with E-state index in [0.29, 0.717) is 5.69 Å². The molecule has 0 saturated carbocycles. The summed E-state index contributed by atoms with van der Waals surface area (Å²) in [5.41, 5.74) is 0.608. The van der Waals surface area contributed by atoms with Gasteiger partial charge in [-0.1, -0.05) is 5.92 Å². The maximum absolute atomic E-state index is 12.6. The van der Waals surface area contributed by atoms with Crippen LogP contribution in [0.2, 0.25) is 0 Å². The largest absolute Gasteiger partial charge is 0.301 e. The number of hydrogen-bond acceptors (Lipinski definition) is 1. The molecule has 0 aliphatic carbocycles. The fourth-order valence-corrected chi connectivity index (χ4v) is 1.10. The standard InChI is InChI=1S/C11H10FNO/c1-3-8-13(9(2)14)11-6-4-10(12)5-7-11/h1,4-7H,8H2,2H3. The number of benzene rings is 1. The molecule has 0 bridgehead atoms. The van der Waals surface area contributed by atoms with Gasteiger partial charge in [0.25, 0.3) is 0 Å². The van der Waals surface area contributed by atoms with E-state index in [1.165, 1.54) is 36.1 Å². The van der Waals surface area contributed by atoms with E-state index in [4.69, 9.17) is 6.42 Å². The first-order chi connectivity index (χ1) is 6.65. The van der Waals surface area contributed by atoms with Crippen molar-refractivity contribution in [1.29, 1.82) is 0 Å². The minimum atomic E-state index is -0.335. The Morgan fingerprint density at radius 1 is 1.50 bits per heavy atom. The molecule has 1 amide bonds. The topological polar surface area (TPSA) is 20.3 Å². The summed E-state index contributed by atoms with van der Waals surface area (Å²) in [6, 6.07) is 5.63. The second-order valence-corrected chi connectivity index (χ2v) is 2.79. The molecule has 72 valence electrons. The molecule has 0 N–H and O–H groups in total. The van der Waals surface area contributed by atoms with Gasteiger partial charge in [-0.2, -0.15) is 0 Å². The SMILES string of the molecule is C#CCN(C(C)=O)c1ccc(F)cc1. The predicted molar refractivity (Wildman–Crippen MR) is 53.3 cm³/mol. The van der Waals surface area contributed by atoms with E-state index in [0.717, 1.165) is 0 Å². The molecule has 2 nitrogen and oxygen atoms in total. The van der Waals surface area contributed by atoms with E-state index >= 15 is 0 Å². The number of amides is 1. The third kappa shape index (κ3) is 2.33. The Morgan fingerprint density at radius 3 is 2.50 bits per heavy atom. The van der Waals surface area contributed by atoms with Crippen LogP contribution in [0, 0.1) is 18.2 Å². The molecule has 0 aliphatic heterocycles. The predicted octanol–water partition coefficient (Wildman–Crippen LogP) is 1.81. The van der Waals surface area contributed by atoms with E-state index in [2.05, 4.69) is 5.92 Å². The first kappa shape index (κ1) is 10.3. The van der Waals surface area contributed by atoms with Crippen molar-refractivity contribution < 1.29 is 9.18 Å². The lowest BCUT2D eigenvalue weighted by Crippen LogP contribution is -2.28. The van der Waals surface area contributed by atoms with Crippen molar-refractivity contribution in [3.05, 3.63) is 30.1 Å². The first-order valence-electron chi connectivity index (χ1n) is 4.12. The van der Waals surface area contributed by atoms with Crippen LogP contribution in [-0.4, -0.2) is 12.5 Å². The quantitative estimate of drug-likeness (QED) is 0.653. The Balaban J connectivity index is 2.95. The number of halogens is 1. The second-order valence-electron chi connectivity index (χ2n) is 2.79. The van der Waals surface area contributed by atoms with Crippen LogP contribution in [0.15, 0.2) is 24.3 Å². The number of rotatable bonds is 2. The Morgan fingerprint density at radius 2 is 2.07 bits per heavy atom. The average Bonchev–Trinajstić information content (AvgIpc) is 2.15. The lowest BCUT2D eigenvalue weighted by Gasteiger charge is -2.17. The molecule has 1 rings (SSSR count). The summed E-state index contributed by atoms with van der Waals surface area (Å²) in [5.74, 6) is 1.88. The van der Waals surface area contributed by atoms with Crippen LogP contribution < -0.4 is 4.90 Å². The van der Waals surface area contributed by atoms with Crippen molar-refractivity contribution in [2.45, 2.75) is 6.92 Å². The molecular formula is C11H10FNO. The Bertz CT molecular complexity index is 364. The average molecular weight is 191 g/mol.